The Morgan fingerprint density at radius 3 is 2.88 bits per heavy atom. The van der Waals surface area contributed by atoms with Crippen molar-refractivity contribution < 1.29 is 9.50 Å². The van der Waals surface area contributed by atoms with Gasteiger partial charge >= 0.3 is 0 Å². The lowest BCUT2D eigenvalue weighted by atomic mass is 10.1. The molecule has 0 radical (unpaired) electrons. The van der Waals surface area contributed by atoms with E-state index >= 15 is 0 Å². The summed E-state index contributed by atoms with van der Waals surface area (Å²) in [6.45, 7) is 1.61. The van der Waals surface area contributed by atoms with Crippen molar-refractivity contribution in [3.63, 3.8) is 0 Å². The molecule has 1 aromatic rings. The van der Waals surface area contributed by atoms with Crippen LogP contribution < -0.4 is 4.90 Å². The Kier molecular flexibility index (Phi) is 3.94. The zero-order valence-corrected chi connectivity index (χ0v) is 11.0. The van der Waals surface area contributed by atoms with Crippen LogP contribution in [0.4, 0.5) is 10.1 Å². The molecule has 1 aliphatic heterocycles. The molecule has 1 N–H and O–H groups in total. The van der Waals surface area contributed by atoms with E-state index in [4.69, 9.17) is 0 Å². The van der Waals surface area contributed by atoms with E-state index in [1.807, 2.05) is 24.9 Å². The molecule has 1 unspecified atom stereocenters. The van der Waals surface area contributed by atoms with Crippen LogP contribution in [0.5, 0.6) is 0 Å². The maximum Gasteiger partial charge on any atom is 0.131 e. The predicted octanol–water partition coefficient (Wildman–Crippen LogP) is 2.82. The molecule has 94 valence electrons. The van der Waals surface area contributed by atoms with E-state index in [2.05, 4.69) is 4.90 Å². The molecule has 1 aromatic carbocycles. The van der Waals surface area contributed by atoms with Gasteiger partial charge in [0.05, 0.1) is 6.10 Å². The van der Waals surface area contributed by atoms with E-state index in [9.17, 15) is 9.50 Å². The zero-order valence-electron chi connectivity index (χ0n) is 10.2. The SMILES string of the molecule is C[C@H](O)c1c(F)cccc1N(C)C1CCSC1. The first-order valence-electron chi connectivity index (χ1n) is 5.88. The first kappa shape index (κ1) is 12.7. The monoisotopic (exact) mass is 255 g/mol. The number of hydrogen-bond acceptors (Lipinski definition) is 3. The van der Waals surface area contributed by atoms with Crippen LogP contribution in [0.3, 0.4) is 0 Å². The quantitative estimate of drug-likeness (QED) is 0.898. The van der Waals surface area contributed by atoms with Crippen molar-refractivity contribution in [2.45, 2.75) is 25.5 Å². The van der Waals surface area contributed by atoms with Crippen LogP contribution in [0.2, 0.25) is 0 Å². The van der Waals surface area contributed by atoms with Gasteiger partial charge in [-0.1, -0.05) is 6.07 Å². The number of thioether (sulfide) groups is 1. The van der Waals surface area contributed by atoms with Crippen LogP contribution in [-0.2, 0) is 0 Å². The Hall–Kier alpha value is -0.740. The molecular formula is C13H18FNOS. The smallest absolute Gasteiger partial charge is 0.131 e. The average molecular weight is 255 g/mol. The van der Waals surface area contributed by atoms with E-state index in [1.165, 1.54) is 6.07 Å². The van der Waals surface area contributed by atoms with Crippen molar-refractivity contribution in [2.24, 2.45) is 0 Å². The Labute approximate surface area is 106 Å². The van der Waals surface area contributed by atoms with E-state index in [1.54, 1.807) is 13.0 Å². The number of anilines is 1. The van der Waals surface area contributed by atoms with Gasteiger partial charge in [0.15, 0.2) is 0 Å². The third kappa shape index (κ3) is 2.58. The van der Waals surface area contributed by atoms with Crippen molar-refractivity contribution in [1.82, 2.24) is 0 Å². The van der Waals surface area contributed by atoms with Crippen molar-refractivity contribution >= 4 is 17.4 Å². The number of benzene rings is 1. The molecular weight excluding hydrogens is 237 g/mol. The molecule has 1 saturated heterocycles. The van der Waals surface area contributed by atoms with Crippen molar-refractivity contribution in [1.29, 1.82) is 0 Å². The first-order chi connectivity index (χ1) is 8.11. The summed E-state index contributed by atoms with van der Waals surface area (Å²) >= 11 is 1.93. The topological polar surface area (TPSA) is 23.5 Å². The lowest BCUT2D eigenvalue weighted by molar-refractivity contribution is 0.194. The molecule has 1 heterocycles. The van der Waals surface area contributed by atoms with Crippen LogP contribution in [0.25, 0.3) is 0 Å². The second kappa shape index (κ2) is 5.27. The Bertz CT molecular complexity index is 391. The summed E-state index contributed by atoms with van der Waals surface area (Å²) in [5, 5.41) is 9.71. The Morgan fingerprint density at radius 2 is 2.29 bits per heavy atom. The summed E-state index contributed by atoms with van der Waals surface area (Å²) in [4.78, 5) is 2.10. The summed E-state index contributed by atoms with van der Waals surface area (Å²) < 4.78 is 13.8. The first-order valence-corrected chi connectivity index (χ1v) is 7.03. The third-order valence-corrected chi connectivity index (χ3v) is 4.43. The van der Waals surface area contributed by atoms with Gasteiger partial charge in [0.1, 0.15) is 5.82 Å². The number of aliphatic hydroxyl groups excluding tert-OH is 1. The van der Waals surface area contributed by atoms with Crippen molar-refractivity contribution in [3.8, 4) is 0 Å². The molecule has 4 heteroatoms. The molecule has 17 heavy (non-hydrogen) atoms. The van der Waals surface area contributed by atoms with Gasteiger partial charge in [0.25, 0.3) is 0 Å². The average Bonchev–Trinajstić information content (AvgIpc) is 2.80. The van der Waals surface area contributed by atoms with E-state index in [0.29, 0.717) is 11.6 Å². The predicted molar refractivity (Wildman–Crippen MR) is 71.2 cm³/mol. The maximum atomic E-state index is 13.8. The highest BCUT2D eigenvalue weighted by molar-refractivity contribution is 7.99. The van der Waals surface area contributed by atoms with Gasteiger partial charge in [-0.15, -0.1) is 0 Å². The third-order valence-electron chi connectivity index (χ3n) is 3.28. The second-order valence-electron chi connectivity index (χ2n) is 4.48. The van der Waals surface area contributed by atoms with Crippen molar-refractivity contribution in [2.75, 3.05) is 23.5 Å². The minimum Gasteiger partial charge on any atom is -0.389 e. The van der Waals surface area contributed by atoms with E-state index < -0.39 is 6.10 Å². The minimum absolute atomic E-state index is 0.324. The molecule has 0 aliphatic carbocycles. The van der Waals surface area contributed by atoms with Crippen molar-refractivity contribution in [3.05, 3.63) is 29.6 Å². The van der Waals surface area contributed by atoms with E-state index in [0.717, 1.165) is 23.6 Å². The fourth-order valence-electron chi connectivity index (χ4n) is 2.27. The van der Waals surface area contributed by atoms with Gasteiger partial charge in [-0.2, -0.15) is 11.8 Å². The number of aliphatic hydroxyl groups is 1. The van der Waals surface area contributed by atoms with Crippen LogP contribution in [-0.4, -0.2) is 29.7 Å². The molecule has 0 aromatic heterocycles. The van der Waals surface area contributed by atoms with Gasteiger partial charge in [-0.25, -0.2) is 4.39 Å². The molecule has 0 amide bonds. The maximum absolute atomic E-state index is 13.8. The Balaban J connectivity index is 2.33. The molecule has 1 fully saturated rings. The van der Waals surface area contributed by atoms with E-state index in [-0.39, 0.29) is 5.82 Å². The molecule has 1 aliphatic rings. The molecule has 2 nitrogen and oxygen atoms in total. The van der Waals surface area contributed by atoms with Crippen LogP contribution in [0.15, 0.2) is 18.2 Å². The highest BCUT2D eigenvalue weighted by atomic mass is 32.2. The normalized spacial score (nSPS) is 21.5. The van der Waals surface area contributed by atoms with Gasteiger partial charge in [-0.3, -0.25) is 0 Å². The molecule has 2 atom stereocenters. The van der Waals surface area contributed by atoms with Gasteiger partial charge < -0.3 is 10.0 Å². The largest absolute Gasteiger partial charge is 0.389 e. The fraction of sp³-hybridized carbons (Fsp3) is 0.538. The molecule has 0 spiro atoms. The van der Waals surface area contributed by atoms with Gasteiger partial charge in [0, 0.05) is 30.1 Å². The summed E-state index contributed by atoms with van der Waals surface area (Å²) in [5.41, 5.74) is 1.22. The summed E-state index contributed by atoms with van der Waals surface area (Å²) in [6.07, 6.45) is 0.347. The number of halogens is 1. The lowest BCUT2D eigenvalue weighted by Gasteiger charge is -2.29. The van der Waals surface area contributed by atoms with Crippen LogP contribution in [0.1, 0.15) is 25.0 Å². The summed E-state index contributed by atoms with van der Waals surface area (Å²) in [6, 6.07) is 5.44. The lowest BCUT2D eigenvalue weighted by Crippen LogP contribution is -2.32. The molecule has 2 rings (SSSR count). The highest BCUT2D eigenvalue weighted by Crippen LogP contribution is 2.32. The standard InChI is InChI=1S/C13H18FNOS/c1-9(16)13-11(14)4-3-5-12(13)15(2)10-6-7-17-8-10/h3-5,9-10,16H,6-8H2,1-2H3/t9-,10?/m0/s1. The summed E-state index contributed by atoms with van der Waals surface area (Å²) in [7, 11) is 1.98. The molecule has 0 bridgehead atoms. The van der Waals surface area contributed by atoms with Crippen LogP contribution in [0, 0.1) is 5.82 Å². The zero-order chi connectivity index (χ0) is 12.4. The minimum atomic E-state index is -0.775. The van der Waals surface area contributed by atoms with Gasteiger partial charge in [-0.05, 0) is 31.2 Å². The fourth-order valence-corrected chi connectivity index (χ4v) is 3.54. The summed E-state index contributed by atoms with van der Waals surface area (Å²) in [5.74, 6) is 1.91. The molecule has 0 saturated carbocycles. The number of hydrogen-bond donors (Lipinski definition) is 1. The highest BCUT2D eigenvalue weighted by Gasteiger charge is 2.24. The Morgan fingerprint density at radius 1 is 1.53 bits per heavy atom. The van der Waals surface area contributed by atoms with Gasteiger partial charge in [0.2, 0.25) is 0 Å². The number of rotatable bonds is 3. The number of nitrogens with zero attached hydrogens (tertiary/aromatic N) is 1. The van der Waals surface area contributed by atoms with Crippen LogP contribution >= 0.6 is 11.8 Å². The second-order valence-corrected chi connectivity index (χ2v) is 5.63.